The molecule has 6 nitrogen and oxygen atoms in total. The fourth-order valence-electron chi connectivity index (χ4n) is 2.42. The molecule has 10 heteroatoms. The molecular formula is C19H19ClF3N3O3. The molecule has 2 aromatic carbocycles. The number of amides is 2. The number of nitrogens with zero attached hydrogens (tertiary/aromatic N) is 1. The second kappa shape index (κ2) is 10.1. The minimum atomic E-state index is -4.82. The molecule has 0 atom stereocenters. The molecule has 2 rings (SSSR count). The summed E-state index contributed by atoms with van der Waals surface area (Å²) in [5.74, 6) is -1.20. The molecule has 0 aliphatic rings. The lowest BCUT2D eigenvalue weighted by atomic mass is 10.2. The molecule has 29 heavy (non-hydrogen) atoms. The van der Waals surface area contributed by atoms with E-state index < -0.39 is 12.3 Å². The van der Waals surface area contributed by atoms with Gasteiger partial charge in [-0.05, 0) is 25.2 Å². The Kier molecular flexibility index (Phi) is 7.86. The third kappa shape index (κ3) is 8.00. The summed E-state index contributed by atoms with van der Waals surface area (Å²) in [5, 5.41) is 5.53. The summed E-state index contributed by atoms with van der Waals surface area (Å²) < 4.78 is 41.2. The SMILES string of the molecule is CN(CC(=O)NCc1ccccc1OC(F)(F)F)CC(=O)Nc1ccccc1Cl. The van der Waals surface area contributed by atoms with E-state index in [2.05, 4.69) is 15.4 Å². The van der Waals surface area contributed by atoms with Gasteiger partial charge in [-0.25, -0.2) is 0 Å². The minimum Gasteiger partial charge on any atom is -0.405 e. The van der Waals surface area contributed by atoms with Crippen LogP contribution >= 0.6 is 11.6 Å². The zero-order valence-electron chi connectivity index (χ0n) is 15.4. The number of likely N-dealkylation sites (N-methyl/N-ethyl adjacent to an activating group) is 1. The summed E-state index contributed by atoms with van der Waals surface area (Å²) in [4.78, 5) is 25.6. The molecule has 0 aliphatic carbocycles. The van der Waals surface area contributed by atoms with Crippen molar-refractivity contribution in [3.05, 3.63) is 59.1 Å². The summed E-state index contributed by atoms with van der Waals surface area (Å²) in [6, 6.07) is 12.3. The average molecular weight is 430 g/mol. The van der Waals surface area contributed by atoms with Crippen molar-refractivity contribution >= 4 is 29.1 Å². The highest BCUT2D eigenvalue weighted by Gasteiger charge is 2.32. The molecule has 0 radical (unpaired) electrons. The van der Waals surface area contributed by atoms with E-state index in [1.54, 1.807) is 31.3 Å². The molecule has 2 amide bonds. The summed E-state index contributed by atoms with van der Waals surface area (Å²) in [5.41, 5.74) is 0.635. The standard InChI is InChI=1S/C19H19ClF3N3O3/c1-26(12-18(28)25-15-8-4-3-7-14(15)20)11-17(27)24-10-13-6-2-5-9-16(13)29-19(21,22)23/h2-9H,10-12H2,1H3,(H,24,27)(H,25,28). The Bertz CT molecular complexity index is 862. The number of nitrogens with one attached hydrogen (secondary N) is 2. The Morgan fingerprint density at radius 1 is 1.03 bits per heavy atom. The number of ether oxygens (including phenoxy) is 1. The lowest BCUT2D eigenvalue weighted by molar-refractivity contribution is -0.274. The normalized spacial score (nSPS) is 11.2. The maximum atomic E-state index is 12.4. The first-order valence-electron chi connectivity index (χ1n) is 8.47. The molecule has 0 bridgehead atoms. The molecule has 0 fully saturated rings. The highest BCUT2D eigenvalue weighted by molar-refractivity contribution is 6.33. The van der Waals surface area contributed by atoms with E-state index in [1.807, 2.05) is 0 Å². The molecule has 2 N–H and O–H groups in total. The number of rotatable bonds is 8. The van der Waals surface area contributed by atoms with Gasteiger partial charge in [-0.3, -0.25) is 14.5 Å². The summed E-state index contributed by atoms with van der Waals surface area (Å²) >= 11 is 5.97. The Labute approximate surface area is 170 Å². The number of hydrogen-bond donors (Lipinski definition) is 2. The van der Waals surface area contributed by atoms with Gasteiger partial charge in [0.05, 0.1) is 23.8 Å². The monoisotopic (exact) mass is 429 g/mol. The first-order valence-corrected chi connectivity index (χ1v) is 8.85. The summed E-state index contributed by atoms with van der Waals surface area (Å²) in [7, 11) is 1.56. The third-order valence-corrected chi connectivity index (χ3v) is 3.98. The first kappa shape index (κ1) is 22.5. The molecule has 156 valence electrons. The van der Waals surface area contributed by atoms with Crippen molar-refractivity contribution in [3.63, 3.8) is 0 Å². The van der Waals surface area contributed by atoms with E-state index >= 15 is 0 Å². The molecule has 0 spiro atoms. The van der Waals surface area contributed by atoms with E-state index in [-0.39, 0.29) is 36.9 Å². The Morgan fingerprint density at radius 3 is 2.34 bits per heavy atom. The van der Waals surface area contributed by atoms with Gasteiger partial charge in [0.25, 0.3) is 0 Å². The van der Waals surface area contributed by atoms with Crippen LogP contribution in [0.3, 0.4) is 0 Å². The van der Waals surface area contributed by atoms with E-state index in [4.69, 9.17) is 11.6 Å². The predicted octanol–water partition coefficient (Wildman–Crippen LogP) is 3.43. The number of para-hydroxylation sites is 2. The highest BCUT2D eigenvalue weighted by atomic mass is 35.5. The van der Waals surface area contributed by atoms with Gasteiger partial charge in [-0.1, -0.05) is 41.9 Å². The van der Waals surface area contributed by atoms with E-state index in [0.717, 1.165) is 0 Å². The topological polar surface area (TPSA) is 70.7 Å². The molecule has 0 unspecified atom stereocenters. The molecule has 0 aromatic heterocycles. The van der Waals surface area contributed by atoms with E-state index in [0.29, 0.717) is 10.7 Å². The van der Waals surface area contributed by atoms with Gasteiger partial charge >= 0.3 is 6.36 Å². The average Bonchev–Trinajstić information content (AvgIpc) is 2.61. The van der Waals surface area contributed by atoms with Crippen molar-refractivity contribution < 1.29 is 27.5 Å². The molecule has 0 saturated carbocycles. The first-order chi connectivity index (χ1) is 13.6. The largest absolute Gasteiger partial charge is 0.573 e. The maximum Gasteiger partial charge on any atom is 0.573 e. The smallest absolute Gasteiger partial charge is 0.405 e. The fraction of sp³-hybridized carbons (Fsp3) is 0.263. The van der Waals surface area contributed by atoms with Crippen LogP contribution in [0.4, 0.5) is 18.9 Å². The maximum absolute atomic E-state index is 12.4. The van der Waals surface area contributed by atoms with Crippen LogP contribution in [0.15, 0.2) is 48.5 Å². The van der Waals surface area contributed by atoms with Crippen molar-refractivity contribution in [2.75, 3.05) is 25.5 Å². The Hall–Kier alpha value is -2.78. The summed E-state index contributed by atoms with van der Waals surface area (Å²) in [6.07, 6.45) is -4.82. The number of halogens is 4. The van der Waals surface area contributed by atoms with Crippen molar-refractivity contribution in [2.24, 2.45) is 0 Å². The molecule has 2 aromatic rings. The second-order valence-corrected chi connectivity index (χ2v) is 6.54. The van der Waals surface area contributed by atoms with Crippen LogP contribution in [0.1, 0.15) is 5.56 Å². The fourth-order valence-corrected chi connectivity index (χ4v) is 2.61. The van der Waals surface area contributed by atoms with Gasteiger partial charge in [0, 0.05) is 12.1 Å². The number of anilines is 1. The Morgan fingerprint density at radius 2 is 1.66 bits per heavy atom. The van der Waals surface area contributed by atoms with Crippen LogP contribution in [0.2, 0.25) is 5.02 Å². The van der Waals surface area contributed by atoms with Crippen LogP contribution in [0.5, 0.6) is 5.75 Å². The third-order valence-electron chi connectivity index (χ3n) is 3.65. The van der Waals surface area contributed by atoms with Gasteiger partial charge in [0.1, 0.15) is 5.75 Å². The van der Waals surface area contributed by atoms with Gasteiger partial charge in [0.15, 0.2) is 0 Å². The van der Waals surface area contributed by atoms with Gasteiger partial charge in [-0.2, -0.15) is 0 Å². The molecule has 0 saturated heterocycles. The van der Waals surface area contributed by atoms with Crippen molar-refractivity contribution in [1.82, 2.24) is 10.2 Å². The molecule has 0 aliphatic heterocycles. The van der Waals surface area contributed by atoms with Gasteiger partial charge < -0.3 is 15.4 Å². The zero-order valence-corrected chi connectivity index (χ0v) is 16.2. The van der Waals surface area contributed by atoms with E-state index in [1.165, 1.54) is 29.2 Å². The number of carbonyl (C=O) groups excluding carboxylic acids is 2. The Balaban J connectivity index is 1.82. The lowest BCUT2D eigenvalue weighted by Gasteiger charge is -2.17. The van der Waals surface area contributed by atoms with Crippen molar-refractivity contribution in [2.45, 2.75) is 12.9 Å². The van der Waals surface area contributed by atoms with Crippen LogP contribution in [0, 0.1) is 0 Å². The minimum absolute atomic E-state index is 0.0770. The van der Waals surface area contributed by atoms with Gasteiger partial charge in [-0.15, -0.1) is 13.2 Å². The van der Waals surface area contributed by atoms with Gasteiger partial charge in [0.2, 0.25) is 11.8 Å². The highest BCUT2D eigenvalue weighted by Crippen LogP contribution is 2.26. The number of carbonyl (C=O) groups is 2. The van der Waals surface area contributed by atoms with Crippen molar-refractivity contribution in [3.8, 4) is 5.75 Å². The van der Waals surface area contributed by atoms with Crippen LogP contribution in [0.25, 0.3) is 0 Å². The quantitative estimate of drug-likeness (QED) is 0.674. The zero-order chi connectivity index (χ0) is 21.4. The predicted molar refractivity (Wildman–Crippen MR) is 103 cm³/mol. The molecule has 0 heterocycles. The number of benzene rings is 2. The number of alkyl halides is 3. The van der Waals surface area contributed by atoms with Crippen LogP contribution in [-0.4, -0.2) is 43.2 Å². The number of hydrogen-bond acceptors (Lipinski definition) is 4. The van der Waals surface area contributed by atoms with Crippen LogP contribution < -0.4 is 15.4 Å². The summed E-state index contributed by atoms with van der Waals surface area (Å²) in [6.45, 7) is -0.352. The van der Waals surface area contributed by atoms with Crippen LogP contribution in [-0.2, 0) is 16.1 Å². The van der Waals surface area contributed by atoms with E-state index in [9.17, 15) is 22.8 Å². The molecular weight excluding hydrogens is 411 g/mol. The van der Waals surface area contributed by atoms with Crippen molar-refractivity contribution in [1.29, 1.82) is 0 Å². The lowest BCUT2D eigenvalue weighted by Crippen LogP contribution is -2.38. The second-order valence-electron chi connectivity index (χ2n) is 6.13.